The molecule has 8 heteroatoms. The van der Waals surface area contributed by atoms with E-state index in [1.165, 1.54) is 18.3 Å². The lowest BCUT2D eigenvalue weighted by atomic mass is 10.1. The number of hydrogen-bond donors (Lipinski definition) is 3. The summed E-state index contributed by atoms with van der Waals surface area (Å²) in [4.78, 5) is 36.9. The molecule has 0 spiro atoms. The Labute approximate surface area is 116 Å². The van der Waals surface area contributed by atoms with Gasteiger partial charge in [-0.1, -0.05) is 0 Å². The minimum absolute atomic E-state index is 0.178. The van der Waals surface area contributed by atoms with Crippen molar-refractivity contribution in [1.29, 1.82) is 0 Å². The lowest BCUT2D eigenvalue weighted by Crippen LogP contribution is -2.41. The largest absolute Gasteiger partial charge is 0.481 e. The van der Waals surface area contributed by atoms with Gasteiger partial charge < -0.3 is 15.5 Å². The molecule has 7 nitrogen and oxygen atoms in total. The highest BCUT2D eigenvalue weighted by Crippen LogP contribution is 2.09. The summed E-state index contributed by atoms with van der Waals surface area (Å²) >= 11 is 3.09. The van der Waals surface area contributed by atoms with Crippen LogP contribution in [0.15, 0.2) is 22.9 Å². The van der Waals surface area contributed by atoms with Gasteiger partial charge >= 0.3 is 11.9 Å². The summed E-state index contributed by atoms with van der Waals surface area (Å²) in [7, 11) is 0. The monoisotopic (exact) mass is 330 g/mol. The number of nitrogens with one attached hydrogen (secondary N) is 1. The van der Waals surface area contributed by atoms with Gasteiger partial charge in [0, 0.05) is 18.2 Å². The number of carbonyl (C=O) groups is 3. The summed E-state index contributed by atoms with van der Waals surface area (Å²) in [5, 5.41) is 19.7. The van der Waals surface area contributed by atoms with E-state index >= 15 is 0 Å². The molecule has 1 rings (SSSR count). The Morgan fingerprint density at radius 3 is 2.58 bits per heavy atom. The number of carboxylic acid groups (broad SMARTS) is 2. The highest BCUT2D eigenvalue weighted by atomic mass is 79.9. The predicted molar refractivity (Wildman–Crippen MR) is 67.7 cm³/mol. The summed E-state index contributed by atoms with van der Waals surface area (Å²) < 4.78 is 0.442. The lowest BCUT2D eigenvalue weighted by molar-refractivity contribution is -0.140. The molecule has 102 valence electrons. The Bertz CT molecular complexity index is 506. The van der Waals surface area contributed by atoms with Gasteiger partial charge in [-0.05, 0) is 34.5 Å². The van der Waals surface area contributed by atoms with Gasteiger partial charge in [-0.25, -0.2) is 9.78 Å². The molecule has 0 aromatic carbocycles. The molecule has 1 aromatic heterocycles. The lowest BCUT2D eigenvalue weighted by Gasteiger charge is -2.13. The molecular weight excluding hydrogens is 320 g/mol. The topological polar surface area (TPSA) is 117 Å². The minimum atomic E-state index is -1.28. The summed E-state index contributed by atoms with van der Waals surface area (Å²) in [5.74, 6) is -2.99. The smallest absolute Gasteiger partial charge is 0.326 e. The third-order valence-corrected chi connectivity index (χ3v) is 2.67. The summed E-state index contributed by atoms with van der Waals surface area (Å²) in [6.45, 7) is 0. The van der Waals surface area contributed by atoms with Crippen molar-refractivity contribution in [3.63, 3.8) is 0 Å². The van der Waals surface area contributed by atoms with Crippen molar-refractivity contribution in [2.75, 3.05) is 0 Å². The number of amides is 1. The third-order valence-electron chi connectivity index (χ3n) is 2.24. The first-order valence-electron chi connectivity index (χ1n) is 5.27. The fraction of sp³-hybridized carbons (Fsp3) is 0.273. The maximum Gasteiger partial charge on any atom is 0.326 e. The normalized spacial score (nSPS) is 11.6. The van der Waals surface area contributed by atoms with E-state index < -0.39 is 23.9 Å². The highest BCUT2D eigenvalue weighted by molar-refractivity contribution is 9.10. The molecule has 0 unspecified atom stereocenters. The van der Waals surface area contributed by atoms with E-state index in [0.717, 1.165) is 0 Å². The second-order valence-electron chi connectivity index (χ2n) is 3.66. The van der Waals surface area contributed by atoms with Gasteiger partial charge in [0.2, 0.25) is 0 Å². The van der Waals surface area contributed by atoms with Crippen LogP contribution in [0.4, 0.5) is 0 Å². The molecule has 1 heterocycles. The van der Waals surface area contributed by atoms with Crippen molar-refractivity contribution >= 4 is 33.8 Å². The Morgan fingerprint density at radius 2 is 2.05 bits per heavy atom. The van der Waals surface area contributed by atoms with Crippen molar-refractivity contribution in [3.8, 4) is 0 Å². The van der Waals surface area contributed by atoms with E-state index in [1.807, 2.05) is 0 Å². The Morgan fingerprint density at radius 1 is 1.37 bits per heavy atom. The van der Waals surface area contributed by atoms with Gasteiger partial charge in [0.15, 0.2) is 0 Å². The Hall–Kier alpha value is -1.96. The van der Waals surface area contributed by atoms with Crippen LogP contribution in [-0.2, 0) is 9.59 Å². The summed E-state index contributed by atoms with van der Waals surface area (Å²) in [5.41, 5.74) is 0.239. The number of nitrogens with zero attached hydrogens (tertiary/aromatic N) is 1. The van der Waals surface area contributed by atoms with E-state index in [4.69, 9.17) is 10.2 Å². The number of aliphatic carboxylic acids is 2. The fourth-order valence-electron chi connectivity index (χ4n) is 1.31. The minimum Gasteiger partial charge on any atom is -0.481 e. The predicted octanol–water partition coefficient (Wildman–Crippen LogP) is 0.892. The first kappa shape index (κ1) is 15.1. The average Bonchev–Trinajstić information content (AvgIpc) is 2.33. The number of carboxylic acids is 2. The second-order valence-corrected chi connectivity index (χ2v) is 4.48. The van der Waals surface area contributed by atoms with Gasteiger partial charge in [0.05, 0.1) is 0 Å². The number of aromatic nitrogens is 1. The van der Waals surface area contributed by atoms with Gasteiger partial charge in [-0.15, -0.1) is 0 Å². The van der Waals surface area contributed by atoms with Crippen molar-refractivity contribution in [3.05, 3.63) is 28.5 Å². The molecule has 0 bridgehead atoms. The number of pyridine rings is 1. The van der Waals surface area contributed by atoms with Crippen LogP contribution < -0.4 is 5.32 Å². The van der Waals surface area contributed by atoms with Gasteiger partial charge in [-0.2, -0.15) is 0 Å². The number of hydrogen-bond acceptors (Lipinski definition) is 4. The number of halogens is 1. The number of carbonyl (C=O) groups excluding carboxylic acids is 1. The molecule has 1 amide bonds. The molecule has 0 aliphatic rings. The molecule has 0 aliphatic heterocycles. The standard InChI is InChI=1S/C11H11BrN2O5/c12-8-5-6(3-4-13-8)10(17)14-7(11(18)19)1-2-9(15)16/h3-5,7H,1-2H2,(H,14,17)(H,15,16)(H,18,19)/t7-/m0/s1. The van der Waals surface area contributed by atoms with Crippen molar-refractivity contribution < 1.29 is 24.6 Å². The first-order chi connectivity index (χ1) is 8.90. The summed E-state index contributed by atoms with van der Waals surface area (Å²) in [6.07, 6.45) is 0.881. The Kier molecular flexibility index (Phi) is 5.43. The van der Waals surface area contributed by atoms with Crippen LogP contribution in [-0.4, -0.2) is 39.1 Å². The van der Waals surface area contributed by atoms with Crippen molar-refractivity contribution in [2.24, 2.45) is 0 Å². The third kappa shape index (κ3) is 5.04. The van der Waals surface area contributed by atoms with Gasteiger partial charge in [0.25, 0.3) is 5.91 Å². The van der Waals surface area contributed by atoms with Crippen LogP contribution in [0, 0.1) is 0 Å². The molecule has 3 N–H and O–H groups in total. The van der Waals surface area contributed by atoms with E-state index in [2.05, 4.69) is 26.2 Å². The number of rotatable bonds is 6. The molecule has 19 heavy (non-hydrogen) atoms. The van der Waals surface area contributed by atoms with Gasteiger partial charge in [-0.3, -0.25) is 9.59 Å². The molecule has 0 radical (unpaired) electrons. The van der Waals surface area contributed by atoms with Crippen molar-refractivity contribution in [1.82, 2.24) is 10.3 Å². The van der Waals surface area contributed by atoms with Crippen LogP contribution in [0.1, 0.15) is 23.2 Å². The van der Waals surface area contributed by atoms with Crippen LogP contribution in [0.2, 0.25) is 0 Å². The zero-order valence-corrected chi connectivity index (χ0v) is 11.3. The second kappa shape index (κ2) is 6.83. The quantitative estimate of drug-likeness (QED) is 0.667. The van der Waals surface area contributed by atoms with Crippen LogP contribution in [0.25, 0.3) is 0 Å². The van der Waals surface area contributed by atoms with Crippen LogP contribution >= 0.6 is 15.9 Å². The maximum absolute atomic E-state index is 11.8. The maximum atomic E-state index is 11.8. The molecule has 1 atom stereocenters. The van der Waals surface area contributed by atoms with E-state index in [0.29, 0.717) is 4.60 Å². The molecule has 0 saturated carbocycles. The molecule has 1 aromatic rings. The van der Waals surface area contributed by atoms with Crippen LogP contribution in [0.5, 0.6) is 0 Å². The highest BCUT2D eigenvalue weighted by Gasteiger charge is 2.21. The molecular formula is C11H11BrN2O5. The fourth-order valence-corrected chi connectivity index (χ4v) is 1.68. The first-order valence-corrected chi connectivity index (χ1v) is 6.06. The Balaban J connectivity index is 2.71. The van der Waals surface area contributed by atoms with Crippen LogP contribution in [0.3, 0.4) is 0 Å². The van der Waals surface area contributed by atoms with E-state index in [-0.39, 0.29) is 18.4 Å². The zero-order chi connectivity index (χ0) is 14.4. The van der Waals surface area contributed by atoms with E-state index in [9.17, 15) is 14.4 Å². The molecule has 0 saturated heterocycles. The average molecular weight is 331 g/mol. The zero-order valence-electron chi connectivity index (χ0n) is 9.67. The summed E-state index contributed by atoms with van der Waals surface area (Å²) in [6, 6.07) is 1.62. The van der Waals surface area contributed by atoms with Crippen molar-refractivity contribution in [2.45, 2.75) is 18.9 Å². The van der Waals surface area contributed by atoms with Gasteiger partial charge in [0.1, 0.15) is 10.6 Å². The SMILES string of the molecule is O=C(O)CC[C@H](NC(=O)c1ccnc(Br)c1)C(=O)O. The van der Waals surface area contributed by atoms with E-state index in [1.54, 1.807) is 0 Å². The molecule has 0 aliphatic carbocycles. The molecule has 0 fully saturated rings.